The van der Waals surface area contributed by atoms with Crippen LogP contribution in [0.2, 0.25) is 0 Å². The molecule has 0 radical (unpaired) electrons. The van der Waals surface area contributed by atoms with Gasteiger partial charge in [-0.15, -0.1) is 0 Å². The fraction of sp³-hybridized carbons (Fsp3) is 0.600. The smallest absolute Gasteiger partial charge is 0.0205 e. The van der Waals surface area contributed by atoms with Gasteiger partial charge in [-0.25, -0.2) is 0 Å². The van der Waals surface area contributed by atoms with E-state index in [1.807, 2.05) is 0 Å². The monoisotopic (exact) mass is 234 g/mol. The molecule has 0 atom stereocenters. The first-order valence-corrected chi connectivity index (χ1v) is 6.74. The molecule has 0 spiro atoms. The number of hydrogen-bond donors (Lipinski definition) is 2. The Bertz CT molecular complexity index is 290. The molecule has 17 heavy (non-hydrogen) atoms. The number of hydrogen-bond acceptors (Lipinski definition) is 2. The zero-order valence-electron chi connectivity index (χ0n) is 11.4. The summed E-state index contributed by atoms with van der Waals surface area (Å²) in [6.07, 6.45) is 2.31. The van der Waals surface area contributed by atoms with E-state index in [1.165, 1.54) is 17.5 Å². The molecule has 0 fully saturated rings. The maximum Gasteiger partial charge on any atom is 0.0205 e. The van der Waals surface area contributed by atoms with Crippen molar-refractivity contribution in [1.82, 2.24) is 10.6 Å². The number of benzene rings is 1. The molecular formula is C15H26N2. The molecule has 2 heteroatoms. The molecule has 0 unspecified atom stereocenters. The van der Waals surface area contributed by atoms with Gasteiger partial charge < -0.3 is 10.6 Å². The highest BCUT2D eigenvalue weighted by Gasteiger charge is 1.94. The lowest BCUT2D eigenvalue weighted by Gasteiger charge is -2.08. The maximum absolute atomic E-state index is 3.47. The molecule has 0 bridgehead atoms. The van der Waals surface area contributed by atoms with Crippen LogP contribution in [-0.2, 0) is 13.0 Å². The third-order valence-corrected chi connectivity index (χ3v) is 2.84. The topological polar surface area (TPSA) is 24.1 Å². The molecule has 0 heterocycles. The molecule has 0 saturated heterocycles. The van der Waals surface area contributed by atoms with E-state index in [2.05, 4.69) is 55.7 Å². The number of aryl methyl sites for hydroxylation is 1. The van der Waals surface area contributed by atoms with Crippen LogP contribution in [0.5, 0.6) is 0 Å². The number of rotatable bonds is 8. The van der Waals surface area contributed by atoms with Crippen LogP contribution in [0.25, 0.3) is 0 Å². The van der Waals surface area contributed by atoms with Crippen LogP contribution in [-0.4, -0.2) is 19.1 Å². The van der Waals surface area contributed by atoms with Gasteiger partial charge in [-0.05, 0) is 37.1 Å². The molecular weight excluding hydrogens is 208 g/mol. The highest BCUT2D eigenvalue weighted by Crippen LogP contribution is 2.04. The lowest BCUT2D eigenvalue weighted by Crippen LogP contribution is -2.26. The van der Waals surface area contributed by atoms with E-state index in [-0.39, 0.29) is 0 Å². The van der Waals surface area contributed by atoms with Crippen molar-refractivity contribution in [2.45, 2.75) is 46.2 Å². The minimum Gasteiger partial charge on any atom is -0.314 e. The zero-order valence-corrected chi connectivity index (χ0v) is 11.4. The zero-order chi connectivity index (χ0) is 12.5. The van der Waals surface area contributed by atoms with Crippen LogP contribution in [0, 0.1) is 0 Å². The van der Waals surface area contributed by atoms with Crippen molar-refractivity contribution in [1.29, 1.82) is 0 Å². The van der Waals surface area contributed by atoms with Gasteiger partial charge >= 0.3 is 0 Å². The Hall–Kier alpha value is -0.860. The summed E-state index contributed by atoms with van der Waals surface area (Å²) in [7, 11) is 0. The Morgan fingerprint density at radius 3 is 2.24 bits per heavy atom. The molecule has 0 aliphatic rings. The molecule has 0 saturated carbocycles. The Morgan fingerprint density at radius 1 is 1.00 bits per heavy atom. The largest absolute Gasteiger partial charge is 0.314 e. The van der Waals surface area contributed by atoms with E-state index < -0.39 is 0 Å². The fourth-order valence-electron chi connectivity index (χ4n) is 1.73. The quantitative estimate of drug-likeness (QED) is 0.676. The summed E-state index contributed by atoms with van der Waals surface area (Å²) in [5, 5.41) is 6.89. The van der Waals surface area contributed by atoms with E-state index in [1.54, 1.807) is 0 Å². The minimum absolute atomic E-state index is 0.594. The van der Waals surface area contributed by atoms with Crippen molar-refractivity contribution in [3.8, 4) is 0 Å². The summed E-state index contributed by atoms with van der Waals surface area (Å²) >= 11 is 0. The van der Waals surface area contributed by atoms with E-state index in [0.717, 1.165) is 26.1 Å². The summed E-state index contributed by atoms with van der Waals surface area (Å²) < 4.78 is 0. The van der Waals surface area contributed by atoms with Gasteiger partial charge in [0.05, 0.1) is 0 Å². The normalized spacial score (nSPS) is 11.1. The number of nitrogens with one attached hydrogen (secondary N) is 2. The molecule has 2 N–H and O–H groups in total. The van der Waals surface area contributed by atoms with Crippen molar-refractivity contribution in [2.24, 2.45) is 0 Å². The molecule has 0 aliphatic heterocycles. The second kappa shape index (κ2) is 8.26. The van der Waals surface area contributed by atoms with Gasteiger partial charge in [0, 0.05) is 12.6 Å². The Kier molecular flexibility index (Phi) is 6.90. The van der Waals surface area contributed by atoms with Crippen LogP contribution < -0.4 is 10.6 Å². The van der Waals surface area contributed by atoms with Gasteiger partial charge in [0.15, 0.2) is 0 Å². The van der Waals surface area contributed by atoms with Crippen molar-refractivity contribution >= 4 is 0 Å². The van der Waals surface area contributed by atoms with E-state index in [4.69, 9.17) is 0 Å². The van der Waals surface area contributed by atoms with Crippen LogP contribution in [0.4, 0.5) is 0 Å². The molecule has 1 aromatic carbocycles. The fourth-order valence-corrected chi connectivity index (χ4v) is 1.73. The molecule has 1 rings (SSSR count). The predicted octanol–water partition coefficient (Wildman–Crippen LogP) is 2.73. The van der Waals surface area contributed by atoms with Crippen molar-refractivity contribution < 1.29 is 0 Å². The highest BCUT2D eigenvalue weighted by molar-refractivity contribution is 5.22. The average Bonchev–Trinajstić information content (AvgIpc) is 2.34. The summed E-state index contributed by atoms with van der Waals surface area (Å²) in [4.78, 5) is 0. The van der Waals surface area contributed by atoms with Crippen molar-refractivity contribution in [3.05, 3.63) is 35.4 Å². The summed E-state index contributed by atoms with van der Waals surface area (Å²) in [6.45, 7) is 9.71. The molecule has 0 aromatic heterocycles. The SMILES string of the molecule is CCc1ccc(CNCCCNC(C)C)cc1. The second-order valence-electron chi connectivity index (χ2n) is 4.81. The molecule has 0 amide bonds. The lowest BCUT2D eigenvalue weighted by molar-refractivity contribution is 0.547. The Morgan fingerprint density at radius 2 is 1.65 bits per heavy atom. The summed E-state index contributed by atoms with van der Waals surface area (Å²) in [6, 6.07) is 9.47. The van der Waals surface area contributed by atoms with Crippen molar-refractivity contribution in [2.75, 3.05) is 13.1 Å². The highest BCUT2D eigenvalue weighted by atomic mass is 14.9. The standard InChI is InChI=1S/C15H26N2/c1-4-14-6-8-15(9-7-14)12-16-10-5-11-17-13(2)3/h6-9,13,16-17H,4-5,10-12H2,1-3H3. The minimum atomic E-state index is 0.594. The Labute approximate surface area is 106 Å². The summed E-state index contributed by atoms with van der Waals surface area (Å²) in [5.74, 6) is 0. The molecule has 96 valence electrons. The molecule has 0 aliphatic carbocycles. The first-order chi connectivity index (χ1) is 8.22. The third-order valence-electron chi connectivity index (χ3n) is 2.84. The van der Waals surface area contributed by atoms with Crippen molar-refractivity contribution in [3.63, 3.8) is 0 Å². The second-order valence-corrected chi connectivity index (χ2v) is 4.81. The summed E-state index contributed by atoms with van der Waals surface area (Å²) in [5.41, 5.74) is 2.79. The van der Waals surface area contributed by atoms with Gasteiger partial charge in [-0.3, -0.25) is 0 Å². The lowest BCUT2D eigenvalue weighted by atomic mass is 10.1. The van der Waals surface area contributed by atoms with E-state index in [0.29, 0.717) is 6.04 Å². The van der Waals surface area contributed by atoms with Gasteiger partial charge in [0.1, 0.15) is 0 Å². The Balaban J connectivity index is 2.09. The molecule has 2 nitrogen and oxygen atoms in total. The van der Waals surface area contributed by atoms with Crippen LogP contribution in [0.15, 0.2) is 24.3 Å². The third kappa shape index (κ3) is 6.44. The molecule has 1 aromatic rings. The first kappa shape index (κ1) is 14.2. The van der Waals surface area contributed by atoms with E-state index in [9.17, 15) is 0 Å². The van der Waals surface area contributed by atoms with Crippen LogP contribution >= 0.6 is 0 Å². The van der Waals surface area contributed by atoms with E-state index >= 15 is 0 Å². The van der Waals surface area contributed by atoms with Gasteiger partial charge in [0.25, 0.3) is 0 Å². The van der Waals surface area contributed by atoms with Gasteiger partial charge in [-0.2, -0.15) is 0 Å². The van der Waals surface area contributed by atoms with Gasteiger partial charge in [-0.1, -0.05) is 45.0 Å². The average molecular weight is 234 g/mol. The van der Waals surface area contributed by atoms with Gasteiger partial charge in [0.2, 0.25) is 0 Å². The van der Waals surface area contributed by atoms with Crippen LogP contribution in [0.1, 0.15) is 38.3 Å². The predicted molar refractivity (Wildman–Crippen MR) is 75.3 cm³/mol. The van der Waals surface area contributed by atoms with Crippen LogP contribution in [0.3, 0.4) is 0 Å². The maximum atomic E-state index is 3.47. The first-order valence-electron chi connectivity index (χ1n) is 6.74.